The number of benzene rings is 1. The van der Waals surface area contributed by atoms with Crippen LogP contribution in [0.25, 0.3) is 10.9 Å². The molecule has 100 valence electrons. The average molecular weight is 304 g/mol. The molecule has 0 saturated heterocycles. The minimum absolute atomic E-state index is 0.00481. The minimum atomic E-state index is -4.97. The predicted octanol–water partition coefficient (Wildman–Crippen LogP) is 1.54. The molecule has 0 atom stereocenters. The van der Waals surface area contributed by atoms with E-state index in [1.807, 2.05) is 0 Å². The highest BCUT2D eigenvalue weighted by atomic mass is 35.5. The fraction of sp³-hybridized carbons (Fsp3) is 0. The summed E-state index contributed by atoms with van der Waals surface area (Å²) in [4.78, 5) is 13.4. The lowest BCUT2D eigenvalue weighted by molar-refractivity contribution is 0.0685. The summed E-state index contributed by atoms with van der Waals surface area (Å²) < 4.78 is 31.4. The van der Waals surface area contributed by atoms with Crippen molar-refractivity contribution in [2.75, 3.05) is 0 Å². The molecule has 7 nitrogen and oxygen atoms in total. The number of aromatic nitrogens is 1. The quantitative estimate of drug-likeness (QED) is 0.718. The highest BCUT2D eigenvalue weighted by molar-refractivity contribution is 7.86. The first kappa shape index (κ1) is 13.5. The van der Waals surface area contributed by atoms with Crippen LogP contribution in [0.1, 0.15) is 10.5 Å². The van der Waals surface area contributed by atoms with Gasteiger partial charge < -0.3 is 10.2 Å². The molecule has 1 aromatic heterocycles. The molecule has 1 aromatic carbocycles. The standard InChI is InChI=1S/C10H6ClNO6S/c11-4-2-1-3-5-6(4)8(13)9(19(16,17)18)7(12-5)10(14)15/h1-3H,(H,12,13)(H,14,15)(H,16,17,18). The van der Waals surface area contributed by atoms with E-state index in [2.05, 4.69) is 4.98 Å². The summed E-state index contributed by atoms with van der Waals surface area (Å²) in [6.45, 7) is 0. The van der Waals surface area contributed by atoms with Gasteiger partial charge in [0.25, 0.3) is 0 Å². The number of fused-ring (bicyclic) bond motifs is 1. The number of aromatic carboxylic acids is 1. The molecule has 0 bridgehead atoms. The lowest BCUT2D eigenvalue weighted by atomic mass is 10.2. The van der Waals surface area contributed by atoms with Crippen LogP contribution in [0.2, 0.25) is 5.02 Å². The minimum Gasteiger partial charge on any atom is -0.506 e. The summed E-state index contributed by atoms with van der Waals surface area (Å²) in [6, 6.07) is 4.16. The molecular formula is C10H6ClNO6S. The first-order valence-electron chi connectivity index (χ1n) is 4.75. The Bertz CT molecular complexity index is 801. The highest BCUT2D eigenvalue weighted by Gasteiger charge is 2.29. The second-order valence-corrected chi connectivity index (χ2v) is 5.32. The van der Waals surface area contributed by atoms with Crippen molar-refractivity contribution in [1.29, 1.82) is 0 Å². The SMILES string of the molecule is O=C(O)c1nc2cccc(Cl)c2c(O)c1S(=O)(=O)O. The van der Waals surface area contributed by atoms with Gasteiger partial charge in [-0.05, 0) is 12.1 Å². The molecule has 0 unspecified atom stereocenters. The number of carboxylic acid groups (broad SMARTS) is 1. The summed E-state index contributed by atoms with van der Waals surface area (Å²) >= 11 is 5.79. The summed E-state index contributed by atoms with van der Waals surface area (Å²) in [5.74, 6) is -2.65. The van der Waals surface area contributed by atoms with Gasteiger partial charge >= 0.3 is 16.1 Å². The fourth-order valence-corrected chi connectivity index (χ4v) is 2.61. The van der Waals surface area contributed by atoms with E-state index in [9.17, 15) is 18.3 Å². The molecule has 3 N–H and O–H groups in total. The van der Waals surface area contributed by atoms with Gasteiger partial charge in [0.15, 0.2) is 10.6 Å². The van der Waals surface area contributed by atoms with E-state index in [1.165, 1.54) is 18.2 Å². The number of rotatable bonds is 2. The molecule has 0 fully saturated rings. The van der Waals surface area contributed by atoms with Crippen LogP contribution in [0.3, 0.4) is 0 Å². The normalized spacial score (nSPS) is 11.7. The van der Waals surface area contributed by atoms with E-state index in [0.717, 1.165) is 0 Å². The van der Waals surface area contributed by atoms with E-state index < -0.39 is 32.4 Å². The third-order valence-corrected chi connectivity index (χ3v) is 3.57. The van der Waals surface area contributed by atoms with E-state index in [1.54, 1.807) is 0 Å². The van der Waals surface area contributed by atoms with Crippen LogP contribution < -0.4 is 0 Å². The average Bonchev–Trinajstić information content (AvgIpc) is 2.26. The van der Waals surface area contributed by atoms with Gasteiger partial charge in [0.2, 0.25) is 0 Å². The smallest absolute Gasteiger partial charge is 0.356 e. The number of aromatic hydroxyl groups is 1. The van der Waals surface area contributed by atoms with Crippen molar-refractivity contribution >= 4 is 38.6 Å². The summed E-state index contributed by atoms with van der Waals surface area (Å²) in [5.41, 5.74) is -0.982. The molecule has 0 aliphatic rings. The van der Waals surface area contributed by atoms with Crippen LogP contribution in [-0.2, 0) is 10.1 Å². The first-order chi connectivity index (χ1) is 8.73. The largest absolute Gasteiger partial charge is 0.506 e. The van der Waals surface area contributed by atoms with Crippen LogP contribution in [-0.4, -0.2) is 34.1 Å². The molecule has 2 rings (SSSR count). The Hall–Kier alpha value is -1.90. The number of carbonyl (C=O) groups is 1. The third-order valence-electron chi connectivity index (χ3n) is 2.35. The van der Waals surface area contributed by atoms with Crippen molar-refractivity contribution in [1.82, 2.24) is 4.98 Å². The van der Waals surface area contributed by atoms with E-state index in [0.29, 0.717) is 0 Å². The second-order valence-electron chi connectivity index (χ2n) is 3.55. The maximum atomic E-state index is 11.2. The van der Waals surface area contributed by atoms with Gasteiger partial charge in [0, 0.05) is 0 Å². The van der Waals surface area contributed by atoms with Crippen molar-refractivity contribution in [3.63, 3.8) is 0 Å². The summed E-state index contributed by atoms with van der Waals surface area (Å²) in [7, 11) is -4.97. The Kier molecular flexibility index (Phi) is 3.09. The van der Waals surface area contributed by atoms with Crippen LogP contribution in [0.4, 0.5) is 0 Å². The monoisotopic (exact) mass is 303 g/mol. The molecule has 0 saturated carbocycles. The van der Waals surface area contributed by atoms with Crippen molar-refractivity contribution in [3.05, 3.63) is 28.9 Å². The number of hydrogen-bond acceptors (Lipinski definition) is 5. The third kappa shape index (κ3) is 2.21. The van der Waals surface area contributed by atoms with Gasteiger partial charge in [0.05, 0.1) is 15.9 Å². The topological polar surface area (TPSA) is 125 Å². The number of halogens is 1. The molecule has 0 spiro atoms. The van der Waals surface area contributed by atoms with Crippen molar-refractivity contribution in [2.45, 2.75) is 4.90 Å². The zero-order valence-corrected chi connectivity index (χ0v) is 10.6. The first-order valence-corrected chi connectivity index (χ1v) is 6.57. The Labute approximate surface area is 111 Å². The molecule has 0 aliphatic carbocycles. The molecule has 2 aromatic rings. The van der Waals surface area contributed by atoms with Crippen molar-refractivity contribution in [3.8, 4) is 5.75 Å². The summed E-state index contributed by atoms with van der Waals surface area (Å²) in [5, 5.41) is 18.6. The molecule has 0 amide bonds. The van der Waals surface area contributed by atoms with E-state index in [-0.39, 0.29) is 15.9 Å². The Morgan fingerprint density at radius 2 is 1.95 bits per heavy atom. The van der Waals surface area contributed by atoms with Gasteiger partial charge in [-0.25, -0.2) is 9.78 Å². The molecular weight excluding hydrogens is 298 g/mol. The van der Waals surface area contributed by atoms with E-state index in [4.69, 9.17) is 21.3 Å². The van der Waals surface area contributed by atoms with Crippen molar-refractivity contribution in [2.24, 2.45) is 0 Å². The van der Waals surface area contributed by atoms with Gasteiger partial charge in [0.1, 0.15) is 5.75 Å². The maximum Gasteiger partial charge on any atom is 0.356 e. The molecule has 0 aliphatic heterocycles. The van der Waals surface area contributed by atoms with Gasteiger partial charge in [-0.1, -0.05) is 17.7 Å². The Morgan fingerprint density at radius 3 is 2.47 bits per heavy atom. The predicted molar refractivity (Wildman–Crippen MR) is 65.2 cm³/mol. The van der Waals surface area contributed by atoms with Crippen LogP contribution in [0, 0.1) is 0 Å². The van der Waals surface area contributed by atoms with Gasteiger partial charge in [-0.2, -0.15) is 8.42 Å². The maximum absolute atomic E-state index is 11.2. The van der Waals surface area contributed by atoms with Gasteiger partial charge in [-0.3, -0.25) is 4.55 Å². The van der Waals surface area contributed by atoms with Crippen LogP contribution >= 0.6 is 11.6 Å². The van der Waals surface area contributed by atoms with Crippen molar-refractivity contribution < 1.29 is 28.0 Å². The lowest BCUT2D eigenvalue weighted by Gasteiger charge is -2.09. The molecule has 1 heterocycles. The number of pyridine rings is 1. The Balaban J connectivity index is 3.09. The highest BCUT2D eigenvalue weighted by Crippen LogP contribution is 2.37. The lowest BCUT2D eigenvalue weighted by Crippen LogP contribution is -2.11. The Morgan fingerprint density at radius 1 is 1.32 bits per heavy atom. The number of hydrogen-bond donors (Lipinski definition) is 3. The molecule has 0 radical (unpaired) electrons. The van der Waals surface area contributed by atoms with Gasteiger partial charge in [-0.15, -0.1) is 0 Å². The number of nitrogens with zero attached hydrogens (tertiary/aromatic N) is 1. The number of carboxylic acids is 1. The second kappa shape index (κ2) is 4.34. The van der Waals surface area contributed by atoms with Crippen LogP contribution in [0.15, 0.2) is 23.1 Å². The molecule has 9 heteroatoms. The van der Waals surface area contributed by atoms with Crippen LogP contribution in [0.5, 0.6) is 5.75 Å². The van der Waals surface area contributed by atoms with E-state index >= 15 is 0 Å². The summed E-state index contributed by atoms with van der Waals surface area (Å²) in [6.07, 6.45) is 0. The zero-order chi connectivity index (χ0) is 14.4. The zero-order valence-electron chi connectivity index (χ0n) is 9.03. The molecule has 19 heavy (non-hydrogen) atoms. The fourth-order valence-electron chi connectivity index (χ4n) is 1.63.